The van der Waals surface area contributed by atoms with Gasteiger partial charge in [-0.05, 0) is 48.8 Å². The molecule has 0 amide bonds. The van der Waals surface area contributed by atoms with Crippen molar-refractivity contribution in [3.05, 3.63) is 28.7 Å². The first-order chi connectivity index (χ1) is 8.46. The van der Waals surface area contributed by atoms with Gasteiger partial charge in [-0.15, -0.1) is 0 Å². The van der Waals surface area contributed by atoms with Gasteiger partial charge in [-0.3, -0.25) is 4.98 Å². The highest BCUT2D eigenvalue weighted by Crippen LogP contribution is 2.22. The average molecular weight is 311 g/mol. The van der Waals surface area contributed by atoms with Gasteiger partial charge in [-0.2, -0.15) is 4.98 Å². The van der Waals surface area contributed by atoms with Crippen LogP contribution >= 0.6 is 15.9 Å². The molecule has 0 bridgehead atoms. The fraction of sp³-hybridized carbons (Fsp3) is 0.417. The third-order valence-corrected chi connectivity index (χ3v) is 2.85. The molecule has 96 valence electrons. The van der Waals surface area contributed by atoms with Crippen LogP contribution in [0.4, 0.5) is 0 Å². The molecule has 0 fully saturated rings. The third kappa shape index (κ3) is 3.36. The molecule has 2 aromatic rings. The molecule has 2 aromatic heterocycles. The summed E-state index contributed by atoms with van der Waals surface area (Å²) in [5, 5.41) is 7.22. The summed E-state index contributed by atoms with van der Waals surface area (Å²) in [5.41, 5.74) is 0.698. The van der Waals surface area contributed by atoms with Crippen molar-refractivity contribution >= 4 is 15.9 Å². The Kier molecular flexibility index (Phi) is 3.77. The third-order valence-electron chi connectivity index (χ3n) is 2.21. The van der Waals surface area contributed by atoms with Gasteiger partial charge < -0.3 is 9.84 Å². The standard InChI is InChI=1S/C12H15BrN4O/c1-12(2,3)15-7-9-16-11(17-18-9)10-8(13)5-4-6-14-10/h4-6,15H,7H2,1-3H3. The molecule has 0 unspecified atom stereocenters. The van der Waals surface area contributed by atoms with Gasteiger partial charge in [0.2, 0.25) is 11.7 Å². The van der Waals surface area contributed by atoms with Crippen molar-refractivity contribution < 1.29 is 4.52 Å². The lowest BCUT2D eigenvalue weighted by Crippen LogP contribution is -2.35. The predicted molar refractivity (Wildman–Crippen MR) is 71.8 cm³/mol. The summed E-state index contributed by atoms with van der Waals surface area (Å²) in [5.74, 6) is 1.05. The zero-order chi connectivity index (χ0) is 13.2. The zero-order valence-corrected chi connectivity index (χ0v) is 12.2. The Hall–Kier alpha value is -1.27. The molecule has 1 N–H and O–H groups in total. The monoisotopic (exact) mass is 310 g/mol. The second-order valence-corrected chi connectivity index (χ2v) is 5.80. The Labute approximate surface area is 114 Å². The maximum Gasteiger partial charge on any atom is 0.240 e. The van der Waals surface area contributed by atoms with Crippen LogP contribution in [0.5, 0.6) is 0 Å². The Balaban J connectivity index is 2.14. The summed E-state index contributed by atoms with van der Waals surface area (Å²) in [7, 11) is 0. The minimum absolute atomic E-state index is 0.0141. The molecule has 0 aromatic carbocycles. The van der Waals surface area contributed by atoms with Crippen LogP contribution in [0.25, 0.3) is 11.5 Å². The van der Waals surface area contributed by atoms with Crippen molar-refractivity contribution in [2.75, 3.05) is 0 Å². The van der Waals surface area contributed by atoms with Crippen molar-refractivity contribution in [2.45, 2.75) is 32.9 Å². The molecule has 0 saturated heterocycles. The first kappa shape index (κ1) is 13.2. The molecule has 18 heavy (non-hydrogen) atoms. The SMILES string of the molecule is CC(C)(C)NCc1nc(-c2ncccc2Br)no1. The first-order valence-corrected chi connectivity index (χ1v) is 6.43. The lowest BCUT2D eigenvalue weighted by Gasteiger charge is -2.18. The van der Waals surface area contributed by atoms with Crippen LogP contribution in [0.3, 0.4) is 0 Å². The number of hydrogen-bond donors (Lipinski definition) is 1. The van der Waals surface area contributed by atoms with E-state index in [0.717, 1.165) is 4.47 Å². The van der Waals surface area contributed by atoms with Crippen LogP contribution in [-0.4, -0.2) is 20.7 Å². The topological polar surface area (TPSA) is 63.8 Å². The maximum atomic E-state index is 5.19. The van der Waals surface area contributed by atoms with E-state index in [-0.39, 0.29) is 5.54 Å². The summed E-state index contributed by atoms with van der Waals surface area (Å²) >= 11 is 3.41. The van der Waals surface area contributed by atoms with Gasteiger partial charge in [-0.25, -0.2) is 0 Å². The summed E-state index contributed by atoms with van der Waals surface area (Å²) in [6, 6.07) is 3.74. The molecule has 0 spiro atoms. The molecule has 2 heterocycles. The zero-order valence-electron chi connectivity index (χ0n) is 10.6. The van der Waals surface area contributed by atoms with Crippen molar-refractivity contribution in [2.24, 2.45) is 0 Å². The van der Waals surface area contributed by atoms with Gasteiger partial charge in [0, 0.05) is 16.2 Å². The van der Waals surface area contributed by atoms with E-state index in [1.54, 1.807) is 6.20 Å². The lowest BCUT2D eigenvalue weighted by atomic mass is 10.1. The van der Waals surface area contributed by atoms with Gasteiger partial charge in [0.1, 0.15) is 5.69 Å². The Morgan fingerprint density at radius 2 is 2.17 bits per heavy atom. The second kappa shape index (κ2) is 5.16. The highest BCUT2D eigenvalue weighted by atomic mass is 79.9. The van der Waals surface area contributed by atoms with Crippen LogP contribution in [0.2, 0.25) is 0 Å². The molecular weight excluding hydrogens is 296 g/mol. The Morgan fingerprint density at radius 3 is 2.83 bits per heavy atom. The van der Waals surface area contributed by atoms with Crippen LogP contribution in [0.1, 0.15) is 26.7 Å². The smallest absolute Gasteiger partial charge is 0.240 e. The molecule has 0 aliphatic rings. The number of nitrogens with one attached hydrogen (secondary N) is 1. The van der Waals surface area contributed by atoms with E-state index in [0.29, 0.717) is 24.0 Å². The largest absolute Gasteiger partial charge is 0.337 e. The minimum Gasteiger partial charge on any atom is -0.337 e. The molecule has 2 rings (SSSR count). The van der Waals surface area contributed by atoms with Crippen molar-refractivity contribution in [1.29, 1.82) is 0 Å². The molecule has 0 aliphatic heterocycles. The van der Waals surface area contributed by atoms with Gasteiger partial charge in [0.05, 0.1) is 6.54 Å². The summed E-state index contributed by atoms with van der Waals surface area (Å²) in [6.45, 7) is 6.79. The minimum atomic E-state index is 0.0141. The summed E-state index contributed by atoms with van der Waals surface area (Å²) in [6.07, 6.45) is 1.70. The van der Waals surface area contributed by atoms with E-state index in [4.69, 9.17) is 4.52 Å². The van der Waals surface area contributed by atoms with E-state index >= 15 is 0 Å². The highest BCUT2D eigenvalue weighted by molar-refractivity contribution is 9.10. The first-order valence-electron chi connectivity index (χ1n) is 5.64. The summed E-state index contributed by atoms with van der Waals surface area (Å²) < 4.78 is 6.03. The second-order valence-electron chi connectivity index (χ2n) is 4.95. The van der Waals surface area contributed by atoms with E-state index in [2.05, 4.69) is 57.1 Å². The number of hydrogen-bond acceptors (Lipinski definition) is 5. The molecule has 6 heteroatoms. The molecule has 0 aliphatic carbocycles. The van der Waals surface area contributed by atoms with Crippen molar-refractivity contribution in [1.82, 2.24) is 20.4 Å². The Bertz CT molecular complexity index is 533. The number of halogens is 1. The van der Waals surface area contributed by atoms with Crippen LogP contribution in [-0.2, 0) is 6.54 Å². The van der Waals surface area contributed by atoms with E-state index < -0.39 is 0 Å². The highest BCUT2D eigenvalue weighted by Gasteiger charge is 2.15. The number of pyridine rings is 1. The Morgan fingerprint density at radius 1 is 1.39 bits per heavy atom. The van der Waals surface area contributed by atoms with E-state index in [9.17, 15) is 0 Å². The normalized spacial score (nSPS) is 11.8. The van der Waals surface area contributed by atoms with Gasteiger partial charge in [-0.1, -0.05) is 5.16 Å². The number of nitrogens with zero attached hydrogens (tertiary/aromatic N) is 3. The van der Waals surface area contributed by atoms with E-state index in [1.165, 1.54) is 0 Å². The molecule has 0 atom stereocenters. The predicted octanol–water partition coefficient (Wildman–Crippen LogP) is 2.78. The van der Waals surface area contributed by atoms with Gasteiger partial charge in [0.15, 0.2) is 0 Å². The van der Waals surface area contributed by atoms with Gasteiger partial charge >= 0.3 is 0 Å². The maximum absolute atomic E-state index is 5.19. The molecule has 5 nitrogen and oxygen atoms in total. The summed E-state index contributed by atoms with van der Waals surface area (Å²) in [4.78, 5) is 8.53. The number of rotatable bonds is 3. The van der Waals surface area contributed by atoms with Crippen LogP contribution in [0.15, 0.2) is 27.3 Å². The average Bonchev–Trinajstić information content (AvgIpc) is 2.75. The fourth-order valence-electron chi connectivity index (χ4n) is 1.31. The van der Waals surface area contributed by atoms with Crippen molar-refractivity contribution in [3.63, 3.8) is 0 Å². The van der Waals surface area contributed by atoms with Crippen molar-refractivity contribution in [3.8, 4) is 11.5 Å². The quantitative estimate of drug-likeness (QED) is 0.944. The number of aromatic nitrogens is 3. The van der Waals surface area contributed by atoms with Crippen LogP contribution < -0.4 is 5.32 Å². The van der Waals surface area contributed by atoms with Gasteiger partial charge in [0.25, 0.3) is 0 Å². The molecule has 0 saturated carbocycles. The lowest BCUT2D eigenvalue weighted by molar-refractivity contribution is 0.336. The molecular formula is C12H15BrN4O. The fourth-order valence-corrected chi connectivity index (χ4v) is 1.75. The van der Waals surface area contributed by atoms with Crippen LogP contribution in [0, 0.1) is 0 Å². The van der Waals surface area contributed by atoms with E-state index in [1.807, 2.05) is 12.1 Å². The molecule has 0 radical (unpaired) electrons.